The number of aryl methyl sites for hydroxylation is 3. The van der Waals surface area contributed by atoms with Crippen LogP contribution in [0.4, 0.5) is 0 Å². The Hall–Kier alpha value is -0.279. The van der Waals surface area contributed by atoms with Crippen LogP contribution in [0.25, 0.3) is 0 Å². The van der Waals surface area contributed by atoms with Crippen molar-refractivity contribution in [2.24, 2.45) is 0 Å². The second kappa shape index (κ2) is 7.95. The van der Waals surface area contributed by atoms with Gasteiger partial charge < -0.3 is 8.23 Å². The van der Waals surface area contributed by atoms with Gasteiger partial charge in [0.2, 0.25) is 0 Å². The van der Waals surface area contributed by atoms with E-state index >= 15 is 0 Å². The molecule has 0 aromatic carbocycles. The Labute approximate surface area is 152 Å². The summed E-state index contributed by atoms with van der Waals surface area (Å²) in [5.74, 6) is 0. The molecule has 0 amide bonds. The van der Waals surface area contributed by atoms with Gasteiger partial charge in [-0.25, -0.2) is 4.57 Å². The molecule has 0 bridgehead atoms. The van der Waals surface area contributed by atoms with Gasteiger partial charge in [0, 0.05) is 32.4 Å². The number of aromatic nitrogens is 1. The van der Waals surface area contributed by atoms with Gasteiger partial charge in [-0.05, 0) is 64.4 Å². The minimum atomic E-state index is -2.02. The highest BCUT2D eigenvalue weighted by molar-refractivity contribution is 6.87. The normalized spacial score (nSPS) is 13.4. The number of pyridine rings is 1. The third-order valence-electron chi connectivity index (χ3n) is 3.96. The van der Waals surface area contributed by atoms with E-state index in [0.29, 0.717) is 0 Å². The van der Waals surface area contributed by atoms with Crippen molar-refractivity contribution in [3.8, 4) is 0 Å². The molecule has 1 aromatic heterocycles. The molecule has 0 spiro atoms. The Balaban J connectivity index is 2.63. The molecule has 138 valence electrons. The van der Waals surface area contributed by atoms with Crippen molar-refractivity contribution in [1.82, 2.24) is 0 Å². The fourth-order valence-corrected chi connectivity index (χ4v) is 16.8. The third-order valence-corrected chi connectivity index (χ3v) is 14.1. The summed E-state index contributed by atoms with van der Waals surface area (Å²) < 4.78 is 15.4. The molecule has 0 aliphatic heterocycles. The van der Waals surface area contributed by atoms with E-state index in [4.69, 9.17) is 8.23 Å². The van der Waals surface area contributed by atoms with E-state index in [9.17, 15) is 0 Å². The monoisotopic (exact) mass is 384 g/mol. The van der Waals surface area contributed by atoms with Crippen molar-refractivity contribution < 1.29 is 12.8 Å². The van der Waals surface area contributed by atoms with Gasteiger partial charge in [-0.2, -0.15) is 0 Å². The molecule has 0 aliphatic rings. The van der Waals surface area contributed by atoms with Gasteiger partial charge in [0.15, 0.2) is 28.0 Å². The van der Waals surface area contributed by atoms with Crippen molar-refractivity contribution in [2.75, 3.05) is 0 Å². The van der Waals surface area contributed by atoms with Crippen LogP contribution >= 0.6 is 0 Å². The van der Waals surface area contributed by atoms with Crippen molar-refractivity contribution in [3.63, 3.8) is 0 Å². The minimum absolute atomic E-state index is 1.08. The summed E-state index contributed by atoms with van der Waals surface area (Å²) in [5.41, 5.74) is 4.05. The predicted octanol–water partition coefficient (Wildman–Crippen LogP) is 5.06. The van der Waals surface area contributed by atoms with Crippen LogP contribution < -0.4 is 4.57 Å². The average Bonchev–Trinajstić information content (AvgIpc) is 2.27. The Kier molecular flexibility index (Phi) is 7.21. The maximum atomic E-state index is 6.60. The molecule has 0 atom stereocenters. The van der Waals surface area contributed by atoms with Crippen molar-refractivity contribution >= 4 is 25.2 Å². The zero-order chi connectivity index (χ0) is 18.8. The van der Waals surface area contributed by atoms with Crippen LogP contribution in [0, 0.1) is 20.8 Å². The number of hydrogen-bond donors (Lipinski definition) is 0. The van der Waals surface area contributed by atoms with Gasteiger partial charge in [-0.15, -0.1) is 0 Å². The van der Waals surface area contributed by atoms with Gasteiger partial charge in [0.05, 0.1) is 0 Å². The Morgan fingerprint density at radius 2 is 1.33 bits per heavy atom. The second-order valence-electron chi connectivity index (χ2n) is 9.05. The van der Waals surface area contributed by atoms with E-state index in [1.807, 2.05) is 0 Å². The van der Waals surface area contributed by atoms with Gasteiger partial charge in [0.1, 0.15) is 6.54 Å². The Morgan fingerprint density at radius 1 is 0.833 bits per heavy atom. The zero-order valence-corrected chi connectivity index (χ0v) is 20.5. The molecule has 24 heavy (non-hydrogen) atoms. The highest BCUT2D eigenvalue weighted by atomic mass is 28.5. The molecule has 0 radical (unpaired) electrons. The molecular weight excluding hydrogens is 346 g/mol. The first kappa shape index (κ1) is 21.8. The molecule has 0 N–H and O–H groups in total. The summed E-state index contributed by atoms with van der Waals surface area (Å²) in [4.78, 5) is 0. The standard InChI is InChI=1S/C18H38NO2Si3/c1-16-14-17(2)19(18(3)15-16)12-11-13-23(7,8)21-24(9,10)20-22(4,5)6/h14-15H,11-13H2,1-10H3/q+1. The maximum Gasteiger partial charge on any atom is 0.311 e. The lowest BCUT2D eigenvalue weighted by atomic mass is 10.2. The number of rotatable bonds is 8. The largest absolute Gasteiger partial charge is 0.437 e. The highest BCUT2D eigenvalue weighted by Crippen LogP contribution is 2.23. The van der Waals surface area contributed by atoms with Gasteiger partial charge in [-0.1, -0.05) is 0 Å². The summed E-state index contributed by atoms with van der Waals surface area (Å²) >= 11 is 0. The van der Waals surface area contributed by atoms with E-state index in [0.717, 1.165) is 6.54 Å². The fourth-order valence-electron chi connectivity index (χ4n) is 3.62. The van der Waals surface area contributed by atoms with Crippen LogP contribution in [-0.4, -0.2) is 25.2 Å². The molecule has 0 fully saturated rings. The molecule has 0 saturated heterocycles. The fraction of sp³-hybridized carbons (Fsp3) is 0.722. The second-order valence-corrected chi connectivity index (χ2v) is 21.7. The first-order chi connectivity index (χ1) is 10.7. The van der Waals surface area contributed by atoms with Crippen LogP contribution in [0.5, 0.6) is 0 Å². The predicted molar refractivity (Wildman–Crippen MR) is 111 cm³/mol. The van der Waals surface area contributed by atoms with Crippen molar-refractivity contribution in [2.45, 2.75) is 85.6 Å². The number of hydrogen-bond acceptors (Lipinski definition) is 2. The van der Waals surface area contributed by atoms with E-state index in [1.54, 1.807) is 0 Å². The topological polar surface area (TPSA) is 22.3 Å². The Bertz CT molecular complexity index is 543. The van der Waals surface area contributed by atoms with E-state index in [-0.39, 0.29) is 0 Å². The van der Waals surface area contributed by atoms with Crippen LogP contribution in [0.15, 0.2) is 12.1 Å². The minimum Gasteiger partial charge on any atom is -0.437 e. The molecule has 0 aliphatic carbocycles. The summed E-state index contributed by atoms with van der Waals surface area (Å²) in [6, 6.07) is 5.71. The molecular formula is C18H38NO2Si3+. The summed E-state index contributed by atoms with van der Waals surface area (Å²) in [5, 5.41) is 0. The third kappa shape index (κ3) is 7.74. The quantitative estimate of drug-likeness (QED) is 0.461. The zero-order valence-electron chi connectivity index (χ0n) is 17.5. The van der Waals surface area contributed by atoms with Gasteiger partial charge >= 0.3 is 8.56 Å². The molecule has 0 unspecified atom stereocenters. The molecule has 1 rings (SSSR count). The van der Waals surface area contributed by atoms with Gasteiger partial charge in [-0.3, -0.25) is 0 Å². The van der Waals surface area contributed by atoms with Crippen molar-refractivity contribution in [3.05, 3.63) is 29.1 Å². The molecule has 0 saturated carbocycles. The average molecular weight is 385 g/mol. The highest BCUT2D eigenvalue weighted by Gasteiger charge is 2.37. The first-order valence-corrected chi connectivity index (χ1v) is 18.4. The maximum absolute atomic E-state index is 6.60. The Morgan fingerprint density at radius 3 is 1.79 bits per heavy atom. The van der Waals surface area contributed by atoms with Crippen LogP contribution in [0.3, 0.4) is 0 Å². The lowest BCUT2D eigenvalue weighted by Gasteiger charge is -2.37. The summed E-state index contributed by atoms with van der Waals surface area (Å²) in [6.07, 6.45) is 1.17. The lowest BCUT2D eigenvalue weighted by molar-refractivity contribution is -0.708. The molecule has 6 heteroatoms. The molecule has 1 heterocycles. The molecule has 3 nitrogen and oxygen atoms in total. The number of nitrogens with zero attached hydrogens (tertiary/aromatic N) is 1. The van der Waals surface area contributed by atoms with Crippen molar-refractivity contribution in [1.29, 1.82) is 0 Å². The first-order valence-electron chi connectivity index (χ1n) is 9.09. The lowest BCUT2D eigenvalue weighted by Crippen LogP contribution is -2.51. The molecule has 1 aromatic rings. The van der Waals surface area contributed by atoms with Crippen LogP contribution in [-0.2, 0) is 14.8 Å². The summed E-state index contributed by atoms with van der Waals surface area (Å²) in [7, 11) is -5.25. The SMILES string of the molecule is Cc1cc(C)[n+](CCC[Si](C)(C)O[Si](C)(C)O[Si](C)(C)C)c(C)c1. The smallest absolute Gasteiger partial charge is 0.311 e. The van der Waals surface area contributed by atoms with E-state index in [1.165, 1.54) is 29.4 Å². The van der Waals surface area contributed by atoms with Crippen LogP contribution in [0.1, 0.15) is 23.4 Å². The summed E-state index contributed by atoms with van der Waals surface area (Å²) in [6.45, 7) is 23.5. The van der Waals surface area contributed by atoms with Crippen LogP contribution in [0.2, 0.25) is 51.9 Å². The van der Waals surface area contributed by atoms with Gasteiger partial charge in [0.25, 0.3) is 0 Å². The van der Waals surface area contributed by atoms with E-state index < -0.39 is 25.2 Å². The van der Waals surface area contributed by atoms with E-state index in [2.05, 4.69) is 83.3 Å².